The van der Waals surface area contributed by atoms with Gasteiger partial charge in [0.15, 0.2) is 0 Å². The summed E-state index contributed by atoms with van der Waals surface area (Å²) in [4.78, 5) is 4.42. The number of hydrogen-bond donors (Lipinski definition) is 0. The van der Waals surface area contributed by atoms with Gasteiger partial charge in [0.1, 0.15) is 6.10 Å². The highest BCUT2D eigenvalue weighted by Gasteiger charge is 2.21. The molecule has 0 saturated heterocycles. The number of benzene rings is 1. The molecule has 2 heteroatoms. The molecule has 0 N–H and O–H groups in total. The van der Waals surface area contributed by atoms with Gasteiger partial charge in [0.25, 0.3) is 0 Å². The summed E-state index contributed by atoms with van der Waals surface area (Å²) in [5.41, 5.74) is 3.74. The summed E-state index contributed by atoms with van der Waals surface area (Å²) in [5.74, 6) is 0.733. The van der Waals surface area contributed by atoms with Gasteiger partial charge in [-0.25, -0.2) is 4.98 Å². The average Bonchev–Trinajstić information content (AvgIpc) is 2.39. The van der Waals surface area contributed by atoms with Gasteiger partial charge in [-0.3, -0.25) is 0 Å². The van der Waals surface area contributed by atoms with Crippen LogP contribution in [0, 0.1) is 6.92 Å². The summed E-state index contributed by atoms with van der Waals surface area (Å²) in [5, 5.41) is 0. The molecule has 0 radical (unpaired) electrons. The van der Waals surface area contributed by atoms with Gasteiger partial charge in [-0.15, -0.1) is 0 Å². The first-order chi connectivity index (χ1) is 8.83. The Balaban J connectivity index is 1.86. The molecular formula is C16H17NO. The van der Waals surface area contributed by atoms with Crippen molar-refractivity contribution in [3.63, 3.8) is 0 Å². The fourth-order valence-electron chi connectivity index (χ4n) is 2.56. The number of ether oxygens (including phenoxy) is 1. The Morgan fingerprint density at radius 3 is 2.89 bits per heavy atom. The molecule has 1 aromatic carbocycles. The molecule has 3 rings (SSSR count). The molecule has 0 spiro atoms. The van der Waals surface area contributed by atoms with Crippen molar-refractivity contribution >= 4 is 0 Å². The van der Waals surface area contributed by atoms with Gasteiger partial charge in [0.2, 0.25) is 5.88 Å². The molecule has 0 amide bonds. The molecule has 1 unspecified atom stereocenters. The van der Waals surface area contributed by atoms with E-state index in [4.69, 9.17) is 4.74 Å². The van der Waals surface area contributed by atoms with Crippen molar-refractivity contribution in [2.75, 3.05) is 0 Å². The second-order valence-corrected chi connectivity index (χ2v) is 4.81. The average molecular weight is 239 g/mol. The lowest BCUT2D eigenvalue weighted by Crippen LogP contribution is -2.15. The third-order valence-electron chi connectivity index (χ3n) is 3.44. The summed E-state index contributed by atoms with van der Waals surface area (Å²) in [7, 11) is 0. The smallest absolute Gasteiger partial charge is 0.214 e. The third-order valence-corrected chi connectivity index (χ3v) is 3.44. The Kier molecular flexibility index (Phi) is 3.01. The number of aryl methyl sites for hydroxylation is 2. The van der Waals surface area contributed by atoms with Crippen LogP contribution in [0.25, 0.3) is 0 Å². The Hall–Kier alpha value is -1.83. The van der Waals surface area contributed by atoms with Crippen LogP contribution in [0.2, 0.25) is 0 Å². The molecule has 18 heavy (non-hydrogen) atoms. The fourth-order valence-corrected chi connectivity index (χ4v) is 2.56. The van der Waals surface area contributed by atoms with Crippen molar-refractivity contribution in [2.24, 2.45) is 0 Å². The Morgan fingerprint density at radius 1 is 1.11 bits per heavy atom. The van der Waals surface area contributed by atoms with E-state index in [9.17, 15) is 0 Å². The number of pyridine rings is 1. The molecule has 0 fully saturated rings. The summed E-state index contributed by atoms with van der Waals surface area (Å²) >= 11 is 0. The van der Waals surface area contributed by atoms with Crippen molar-refractivity contribution in [3.05, 3.63) is 59.3 Å². The van der Waals surface area contributed by atoms with Gasteiger partial charge in [-0.2, -0.15) is 0 Å². The van der Waals surface area contributed by atoms with Gasteiger partial charge in [-0.05, 0) is 43.4 Å². The van der Waals surface area contributed by atoms with E-state index in [1.165, 1.54) is 17.5 Å². The minimum Gasteiger partial charge on any atom is -0.469 e. The molecule has 1 aliphatic rings. The second-order valence-electron chi connectivity index (χ2n) is 4.81. The summed E-state index contributed by atoms with van der Waals surface area (Å²) in [6, 6.07) is 14.5. The zero-order valence-corrected chi connectivity index (χ0v) is 10.6. The van der Waals surface area contributed by atoms with Crippen molar-refractivity contribution < 1.29 is 4.74 Å². The second kappa shape index (κ2) is 4.81. The Morgan fingerprint density at radius 2 is 2.00 bits per heavy atom. The standard InChI is InChI=1S/C16H17NO/c1-12-6-4-11-16(17-12)18-15-10-5-8-13-7-2-3-9-14(13)15/h2-4,6-7,9,11,15H,5,8,10H2,1H3. The first-order valence-corrected chi connectivity index (χ1v) is 6.51. The number of rotatable bonds is 2. The molecule has 1 aromatic heterocycles. The lowest BCUT2D eigenvalue weighted by Gasteiger charge is -2.25. The van der Waals surface area contributed by atoms with Crippen LogP contribution in [-0.2, 0) is 6.42 Å². The van der Waals surface area contributed by atoms with E-state index in [1.54, 1.807) is 0 Å². The van der Waals surface area contributed by atoms with Gasteiger partial charge < -0.3 is 4.74 Å². The van der Waals surface area contributed by atoms with Crippen LogP contribution in [0.3, 0.4) is 0 Å². The minimum atomic E-state index is 0.157. The molecule has 2 nitrogen and oxygen atoms in total. The highest BCUT2D eigenvalue weighted by atomic mass is 16.5. The molecule has 92 valence electrons. The largest absolute Gasteiger partial charge is 0.469 e. The maximum atomic E-state index is 6.05. The van der Waals surface area contributed by atoms with Gasteiger partial charge in [0.05, 0.1) is 0 Å². The topological polar surface area (TPSA) is 22.1 Å². The molecule has 1 atom stereocenters. The predicted molar refractivity (Wildman–Crippen MR) is 71.7 cm³/mol. The van der Waals surface area contributed by atoms with Crippen LogP contribution < -0.4 is 4.74 Å². The monoisotopic (exact) mass is 239 g/mol. The summed E-state index contributed by atoms with van der Waals surface area (Å²) in [6.45, 7) is 1.99. The van der Waals surface area contributed by atoms with Crippen LogP contribution in [0.5, 0.6) is 5.88 Å². The highest BCUT2D eigenvalue weighted by molar-refractivity contribution is 5.32. The number of aromatic nitrogens is 1. The van der Waals surface area contributed by atoms with E-state index in [-0.39, 0.29) is 6.10 Å². The molecule has 0 bridgehead atoms. The van der Waals surface area contributed by atoms with E-state index in [0.29, 0.717) is 0 Å². The first kappa shape index (κ1) is 11.3. The van der Waals surface area contributed by atoms with E-state index < -0.39 is 0 Å². The molecule has 0 saturated carbocycles. The molecule has 2 aromatic rings. The highest BCUT2D eigenvalue weighted by Crippen LogP contribution is 2.32. The number of fused-ring (bicyclic) bond motifs is 1. The fraction of sp³-hybridized carbons (Fsp3) is 0.312. The van der Waals surface area contributed by atoms with E-state index >= 15 is 0 Å². The molecule has 1 aliphatic carbocycles. The maximum Gasteiger partial charge on any atom is 0.214 e. The molecular weight excluding hydrogens is 222 g/mol. The van der Waals surface area contributed by atoms with Gasteiger partial charge in [-0.1, -0.05) is 30.3 Å². The third kappa shape index (κ3) is 2.23. The summed E-state index contributed by atoms with van der Waals surface area (Å²) < 4.78 is 6.05. The van der Waals surface area contributed by atoms with Crippen LogP contribution in [0.1, 0.15) is 35.8 Å². The van der Waals surface area contributed by atoms with Gasteiger partial charge >= 0.3 is 0 Å². The van der Waals surface area contributed by atoms with E-state index in [2.05, 4.69) is 29.2 Å². The van der Waals surface area contributed by atoms with Gasteiger partial charge in [0, 0.05) is 11.8 Å². The van der Waals surface area contributed by atoms with Crippen molar-refractivity contribution in [3.8, 4) is 5.88 Å². The summed E-state index contributed by atoms with van der Waals surface area (Å²) in [6.07, 6.45) is 3.58. The number of nitrogens with zero attached hydrogens (tertiary/aromatic N) is 1. The van der Waals surface area contributed by atoms with Crippen LogP contribution >= 0.6 is 0 Å². The lowest BCUT2D eigenvalue weighted by atomic mass is 9.89. The SMILES string of the molecule is Cc1cccc(OC2CCCc3ccccc32)n1. The van der Waals surface area contributed by atoms with E-state index in [1.807, 2.05) is 25.1 Å². The Labute approximate surface area is 108 Å². The van der Waals surface area contributed by atoms with Crippen LogP contribution in [-0.4, -0.2) is 4.98 Å². The van der Waals surface area contributed by atoms with Crippen LogP contribution in [0.15, 0.2) is 42.5 Å². The lowest BCUT2D eigenvalue weighted by molar-refractivity contribution is 0.175. The molecule has 0 aliphatic heterocycles. The first-order valence-electron chi connectivity index (χ1n) is 6.51. The zero-order valence-electron chi connectivity index (χ0n) is 10.6. The van der Waals surface area contributed by atoms with Crippen LogP contribution in [0.4, 0.5) is 0 Å². The molecule has 1 heterocycles. The van der Waals surface area contributed by atoms with E-state index in [0.717, 1.165) is 24.4 Å². The van der Waals surface area contributed by atoms with Crippen molar-refractivity contribution in [2.45, 2.75) is 32.3 Å². The predicted octanol–water partition coefficient (Wildman–Crippen LogP) is 3.85. The quantitative estimate of drug-likeness (QED) is 0.794. The Bertz CT molecular complexity index is 550. The minimum absolute atomic E-state index is 0.157. The zero-order chi connectivity index (χ0) is 12.4. The van der Waals surface area contributed by atoms with Crippen molar-refractivity contribution in [1.82, 2.24) is 4.98 Å². The number of hydrogen-bond acceptors (Lipinski definition) is 2. The normalized spacial score (nSPS) is 18.2. The van der Waals surface area contributed by atoms with Crippen molar-refractivity contribution in [1.29, 1.82) is 0 Å². The maximum absolute atomic E-state index is 6.05.